The monoisotopic (exact) mass is 231 g/mol. The number of hydrogen-bond acceptors (Lipinski definition) is 4. The molecule has 0 aromatic heterocycles. The highest BCUT2D eigenvalue weighted by atomic mass is 16.5. The minimum absolute atomic E-state index is 0.0454. The maximum absolute atomic E-state index is 12.0. The lowest BCUT2D eigenvalue weighted by molar-refractivity contribution is -0.120. The summed E-state index contributed by atoms with van der Waals surface area (Å²) in [6.07, 6.45) is 0. The third-order valence-corrected chi connectivity index (χ3v) is 2.83. The summed E-state index contributed by atoms with van der Waals surface area (Å²) in [5, 5.41) is 11.7. The fraction of sp³-hybridized carbons (Fsp3) is 0.333. The molecule has 1 heterocycles. The van der Waals surface area contributed by atoms with Crippen molar-refractivity contribution in [3.8, 4) is 11.8 Å². The number of likely N-dealkylation sites (N-methyl/N-ethyl adjacent to an activating group) is 2. The molecule has 1 amide bonds. The van der Waals surface area contributed by atoms with Gasteiger partial charge in [0.05, 0.1) is 17.3 Å². The summed E-state index contributed by atoms with van der Waals surface area (Å²) in [6.45, 7) is 0.265. The first-order valence-electron chi connectivity index (χ1n) is 5.29. The average Bonchev–Trinajstić information content (AvgIpc) is 2.48. The first-order valence-corrected chi connectivity index (χ1v) is 5.29. The molecule has 0 unspecified atom stereocenters. The average molecular weight is 231 g/mol. The van der Waals surface area contributed by atoms with Gasteiger partial charge in [0, 0.05) is 13.1 Å². The van der Waals surface area contributed by atoms with Crippen molar-refractivity contribution >= 4 is 11.6 Å². The lowest BCUT2D eigenvalue weighted by Crippen LogP contribution is -2.45. The third kappa shape index (κ3) is 1.95. The SMILES string of the molecule is CN[C@H]1COc2cc(C#N)ccc2N(C)C1=O. The zero-order valence-electron chi connectivity index (χ0n) is 9.73. The molecular formula is C12H13N3O2. The van der Waals surface area contributed by atoms with Gasteiger partial charge in [-0.15, -0.1) is 0 Å². The largest absolute Gasteiger partial charge is 0.489 e. The molecule has 0 spiro atoms. The molecule has 17 heavy (non-hydrogen) atoms. The fourth-order valence-corrected chi connectivity index (χ4v) is 1.78. The Balaban J connectivity index is 2.43. The number of nitrogens with zero attached hydrogens (tertiary/aromatic N) is 2. The van der Waals surface area contributed by atoms with Crippen LogP contribution in [0.2, 0.25) is 0 Å². The highest BCUT2D eigenvalue weighted by Gasteiger charge is 2.28. The quantitative estimate of drug-likeness (QED) is 0.764. The number of nitriles is 1. The van der Waals surface area contributed by atoms with Crippen LogP contribution in [-0.2, 0) is 4.79 Å². The molecule has 0 bridgehead atoms. The molecule has 1 N–H and O–H groups in total. The second-order valence-electron chi connectivity index (χ2n) is 3.84. The van der Waals surface area contributed by atoms with E-state index in [4.69, 9.17) is 10.00 Å². The van der Waals surface area contributed by atoms with E-state index in [1.54, 1.807) is 37.2 Å². The van der Waals surface area contributed by atoms with Crippen molar-refractivity contribution in [1.29, 1.82) is 5.26 Å². The maximum Gasteiger partial charge on any atom is 0.247 e. The molecule has 1 aliphatic heterocycles. The van der Waals surface area contributed by atoms with Gasteiger partial charge in [-0.25, -0.2) is 0 Å². The van der Waals surface area contributed by atoms with E-state index in [-0.39, 0.29) is 18.6 Å². The molecule has 0 saturated heterocycles. The van der Waals surface area contributed by atoms with Crippen molar-refractivity contribution in [3.63, 3.8) is 0 Å². The number of anilines is 1. The molecule has 0 aliphatic carbocycles. The summed E-state index contributed by atoms with van der Waals surface area (Å²) in [5.74, 6) is 0.522. The van der Waals surface area contributed by atoms with Crippen LogP contribution in [0.15, 0.2) is 18.2 Å². The van der Waals surface area contributed by atoms with Crippen LogP contribution in [0.3, 0.4) is 0 Å². The Kier molecular flexibility index (Phi) is 2.98. The molecule has 1 atom stereocenters. The Hall–Kier alpha value is -2.06. The van der Waals surface area contributed by atoms with Gasteiger partial charge in [-0.2, -0.15) is 5.26 Å². The number of carbonyl (C=O) groups is 1. The molecular weight excluding hydrogens is 218 g/mol. The van der Waals surface area contributed by atoms with Crippen LogP contribution >= 0.6 is 0 Å². The molecule has 0 fully saturated rings. The zero-order chi connectivity index (χ0) is 12.4. The standard InChI is InChI=1S/C12H13N3O2/c1-14-9-7-17-11-5-8(6-13)3-4-10(11)15(2)12(9)16/h3-5,9,14H,7H2,1-2H3/t9-/m0/s1. The molecule has 1 aromatic rings. The molecule has 5 nitrogen and oxygen atoms in total. The number of carbonyl (C=O) groups excluding carboxylic acids is 1. The molecule has 1 aromatic carbocycles. The first kappa shape index (κ1) is 11.4. The second-order valence-corrected chi connectivity index (χ2v) is 3.84. The summed E-state index contributed by atoms with van der Waals surface area (Å²) in [7, 11) is 3.42. The smallest absolute Gasteiger partial charge is 0.247 e. The first-order chi connectivity index (χ1) is 8.17. The van der Waals surface area contributed by atoms with E-state index in [1.165, 1.54) is 0 Å². The van der Waals surface area contributed by atoms with Crippen LogP contribution in [0.5, 0.6) is 5.75 Å². The van der Waals surface area contributed by atoms with Crippen LogP contribution in [0.25, 0.3) is 0 Å². The number of amides is 1. The van der Waals surface area contributed by atoms with Crippen molar-refractivity contribution in [2.24, 2.45) is 0 Å². The Bertz CT molecular complexity index is 493. The number of ether oxygens (including phenoxy) is 1. The van der Waals surface area contributed by atoms with Crippen molar-refractivity contribution in [2.75, 3.05) is 25.6 Å². The Morgan fingerprint density at radius 1 is 1.59 bits per heavy atom. The van der Waals surface area contributed by atoms with Crippen LogP contribution in [-0.4, -0.2) is 32.7 Å². The lowest BCUT2D eigenvalue weighted by atomic mass is 10.2. The Labute approximate surface area is 99.6 Å². The third-order valence-electron chi connectivity index (χ3n) is 2.83. The number of nitrogens with one attached hydrogen (secondary N) is 1. The zero-order valence-corrected chi connectivity index (χ0v) is 9.73. The molecule has 2 rings (SSSR count). The van der Waals surface area contributed by atoms with Crippen molar-refractivity contribution in [2.45, 2.75) is 6.04 Å². The van der Waals surface area contributed by atoms with Gasteiger partial charge in [0.2, 0.25) is 5.91 Å². The molecule has 5 heteroatoms. The summed E-state index contributed by atoms with van der Waals surface area (Å²) in [6, 6.07) is 6.73. The van der Waals surface area contributed by atoms with E-state index >= 15 is 0 Å². The van der Waals surface area contributed by atoms with Gasteiger partial charge < -0.3 is 15.0 Å². The summed E-state index contributed by atoms with van der Waals surface area (Å²) in [4.78, 5) is 13.6. The maximum atomic E-state index is 12.0. The highest BCUT2D eigenvalue weighted by Crippen LogP contribution is 2.31. The van der Waals surface area contributed by atoms with Crippen molar-refractivity contribution in [3.05, 3.63) is 23.8 Å². The van der Waals surface area contributed by atoms with Gasteiger partial charge >= 0.3 is 0 Å². The van der Waals surface area contributed by atoms with Gasteiger partial charge in [-0.05, 0) is 19.2 Å². The van der Waals surface area contributed by atoms with Crippen molar-refractivity contribution in [1.82, 2.24) is 5.32 Å². The normalized spacial score (nSPS) is 19.0. The van der Waals surface area contributed by atoms with E-state index in [0.717, 1.165) is 0 Å². The molecule has 88 valence electrons. The predicted octanol–water partition coefficient (Wildman–Crippen LogP) is 0.501. The van der Waals surface area contributed by atoms with Gasteiger partial charge in [-0.1, -0.05) is 0 Å². The summed E-state index contributed by atoms with van der Waals surface area (Å²) >= 11 is 0. The van der Waals surface area contributed by atoms with Crippen molar-refractivity contribution < 1.29 is 9.53 Å². The van der Waals surface area contributed by atoms with Crippen LogP contribution < -0.4 is 15.0 Å². The molecule has 0 saturated carbocycles. The second kappa shape index (κ2) is 4.44. The lowest BCUT2D eigenvalue weighted by Gasteiger charge is -2.18. The van der Waals surface area contributed by atoms with E-state index < -0.39 is 0 Å². The van der Waals surface area contributed by atoms with Gasteiger partial charge in [0.15, 0.2) is 0 Å². The van der Waals surface area contributed by atoms with Gasteiger partial charge in [0.1, 0.15) is 18.4 Å². The van der Waals surface area contributed by atoms with Gasteiger partial charge in [0.25, 0.3) is 0 Å². The van der Waals surface area contributed by atoms with E-state index in [9.17, 15) is 4.79 Å². The number of fused-ring (bicyclic) bond motifs is 1. The fourth-order valence-electron chi connectivity index (χ4n) is 1.78. The predicted molar refractivity (Wildman–Crippen MR) is 62.9 cm³/mol. The highest BCUT2D eigenvalue weighted by molar-refractivity contribution is 5.98. The number of benzene rings is 1. The number of rotatable bonds is 1. The minimum atomic E-state index is -0.363. The van der Waals surface area contributed by atoms with Crippen LogP contribution in [0.4, 0.5) is 5.69 Å². The topological polar surface area (TPSA) is 65.4 Å². The summed E-state index contributed by atoms with van der Waals surface area (Å²) in [5.41, 5.74) is 1.21. The van der Waals surface area contributed by atoms with E-state index in [0.29, 0.717) is 17.0 Å². The van der Waals surface area contributed by atoms with Crippen LogP contribution in [0, 0.1) is 11.3 Å². The molecule has 0 radical (unpaired) electrons. The Morgan fingerprint density at radius 3 is 3.00 bits per heavy atom. The Morgan fingerprint density at radius 2 is 2.35 bits per heavy atom. The van der Waals surface area contributed by atoms with E-state index in [1.807, 2.05) is 6.07 Å². The number of hydrogen-bond donors (Lipinski definition) is 1. The molecule has 1 aliphatic rings. The van der Waals surface area contributed by atoms with Crippen LogP contribution in [0.1, 0.15) is 5.56 Å². The van der Waals surface area contributed by atoms with E-state index in [2.05, 4.69) is 5.32 Å². The van der Waals surface area contributed by atoms with Gasteiger partial charge in [-0.3, -0.25) is 4.79 Å². The minimum Gasteiger partial charge on any atom is -0.489 e. The summed E-state index contributed by atoms with van der Waals surface area (Å²) < 4.78 is 5.56.